The number of hydrogen-bond donors (Lipinski definition) is 1. The molecule has 1 aliphatic carbocycles. The van der Waals surface area contributed by atoms with Crippen molar-refractivity contribution in [3.05, 3.63) is 35.1 Å². The Morgan fingerprint density at radius 2 is 2.05 bits per heavy atom. The van der Waals surface area contributed by atoms with E-state index in [1.807, 2.05) is 0 Å². The molecule has 104 valence electrons. The lowest BCUT2D eigenvalue weighted by Crippen LogP contribution is -2.33. The van der Waals surface area contributed by atoms with E-state index in [-0.39, 0.29) is 10.8 Å². The van der Waals surface area contributed by atoms with Crippen molar-refractivity contribution < 1.29 is 4.39 Å². The van der Waals surface area contributed by atoms with Crippen LogP contribution in [-0.2, 0) is 6.54 Å². The largest absolute Gasteiger partial charge is 0.389 e. The highest BCUT2D eigenvalue weighted by Gasteiger charge is 2.19. The minimum atomic E-state index is -0.285. The van der Waals surface area contributed by atoms with Crippen LogP contribution in [0.1, 0.15) is 43.2 Å². The molecule has 0 atom stereocenters. The van der Waals surface area contributed by atoms with Crippen LogP contribution in [0.4, 0.5) is 4.39 Å². The van der Waals surface area contributed by atoms with E-state index < -0.39 is 0 Å². The van der Waals surface area contributed by atoms with E-state index >= 15 is 0 Å². The quantitative estimate of drug-likeness (QED) is 0.859. The summed E-state index contributed by atoms with van der Waals surface area (Å²) in [4.78, 5) is 2.61. The molecular formula is C15H21FN2S. The van der Waals surface area contributed by atoms with Gasteiger partial charge in [0.15, 0.2) is 0 Å². The molecule has 0 heterocycles. The van der Waals surface area contributed by atoms with E-state index in [1.165, 1.54) is 44.2 Å². The maximum absolute atomic E-state index is 13.3. The van der Waals surface area contributed by atoms with E-state index in [9.17, 15) is 4.39 Å². The zero-order chi connectivity index (χ0) is 13.8. The van der Waals surface area contributed by atoms with Crippen LogP contribution in [0, 0.1) is 5.82 Å². The van der Waals surface area contributed by atoms with Gasteiger partial charge in [-0.25, -0.2) is 4.39 Å². The van der Waals surface area contributed by atoms with Gasteiger partial charge in [-0.15, -0.1) is 0 Å². The first kappa shape index (κ1) is 14.4. The number of halogens is 1. The third-order valence-corrected chi connectivity index (χ3v) is 4.18. The molecule has 1 saturated carbocycles. The molecule has 1 aliphatic rings. The van der Waals surface area contributed by atoms with Crippen molar-refractivity contribution in [3.8, 4) is 0 Å². The minimum absolute atomic E-state index is 0.270. The fourth-order valence-electron chi connectivity index (χ4n) is 2.84. The molecule has 0 amide bonds. The average Bonchev–Trinajstić information content (AvgIpc) is 2.41. The number of thiocarbonyl (C=S) groups is 1. The summed E-state index contributed by atoms with van der Waals surface area (Å²) < 4.78 is 13.3. The van der Waals surface area contributed by atoms with Crippen molar-refractivity contribution in [2.24, 2.45) is 5.73 Å². The molecule has 0 radical (unpaired) electrons. The van der Waals surface area contributed by atoms with E-state index in [0.29, 0.717) is 11.6 Å². The molecule has 0 unspecified atom stereocenters. The van der Waals surface area contributed by atoms with Gasteiger partial charge in [0.05, 0.1) is 0 Å². The molecule has 0 aromatic heterocycles. The van der Waals surface area contributed by atoms with Crippen molar-refractivity contribution in [2.45, 2.75) is 44.7 Å². The van der Waals surface area contributed by atoms with Gasteiger partial charge in [-0.3, -0.25) is 4.90 Å². The zero-order valence-electron chi connectivity index (χ0n) is 11.4. The number of rotatable bonds is 4. The van der Waals surface area contributed by atoms with Crippen LogP contribution < -0.4 is 5.73 Å². The Morgan fingerprint density at radius 1 is 1.37 bits per heavy atom. The van der Waals surface area contributed by atoms with E-state index in [1.54, 1.807) is 6.07 Å². The molecule has 19 heavy (non-hydrogen) atoms. The number of benzene rings is 1. The van der Waals surface area contributed by atoms with Gasteiger partial charge in [0.1, 0.15) is 10.8 Å². The van der Waals surface area contributed by atoms with Gasteiger partial charge < -0.3 is 5.73 Å². The monoisotopic (exact) mass is 280 g/mol. The van der Waals surface area contributed by atoms with Crippen LogP contribution >= 0.6 is 12.2 Å². The lowest BCUT2D eigenvalue weighted by atomic mass is 9.94. The Kier molecular flexibility index (Phi) is 4.88. The van der Waals surface area contributed by atoms with Gasteiger partial charge in [-0.1, -0.05) is 37.5 Å². The summed E-state index contributed by atoms with van der Waals surface area (Å²) in [6.45, 7) is 0.775. The Bertz CT molecular complexity index is 455. The molecule has 1 aromatic rings. The molecule has 2 rings (SSSR count). The highest BCUT2D eigenvalue weighted by Crippen LogP contribution is 2.23. The third-order valence-electron chi connectivity index (χ3n) is 3.96. The molecule has 1 aromatic carbocycles. The molecule has 1 fully saturated rings. The first-order valence-electron chi connectivity index (χ1n) is 6.86. The summed E-state index contributed by atoms with van der Waals surface area (Å²) in [5.41, 5.74) is 7.36. The Morgan fingerprint density at radius 3 is 2.68 bits per heavy atom. The van der Waals surface area contributed by atoms with Crippen LogP contribution in [0.3, 0.4) is 0 Å². The summed E-state index contributed by atoms with van der Waals surface area (Å²) in [6, 6.07) is 5.33. The van der Waals surface area contributed by atoms with E-state index in [2.05, 4.69) is 11.9 Å². The van der Waals surface area contributed by atoms with Crippen molar-refractivity contribution in [1.29, 1.82) is 0 Å². The van der Waals surface area contributed by atoms with Crippen LogP contribution in [0.2, 0.25) is 0 Å². The molecule has 0 bridgehead atoms. The highest BCUT2D eigenvalue weighted by atomic mass is 32.1. The summed E-state index contributed by atoms with van der Waals surface area (Å²) >= 11 is 5.01. The minimum Gasteiger partial charge on any atom is -0.389 e. The zero-order valence-corrected chi connectivity index (χ0v) is 12.2. The second-order valence-corrected chi connectivity index (χ2v) is 5.81. The van der Waals surface area contributed by atoms with E-state index in [4.69, 9.17) is 18.0 Å². The predicted octanol–water partition coefficient (Wildman–Crippen LogP) is 3.22. The molecule has 2 N–H and O–H groups in total. The highest BCUT2D eigenvalue weighted by molar-refractivity contribution is 7.80. The van der Waals surface area contributed by atoms with Crippen LogP contribution in [0.15, 0.2) is 18.2 Å². The van der Waals surface area contributed by atoms with Gasteiger partial charge in [0, 0.05) is 18.2 Å². The average molecular weight is 280 g/mol. The molecular weight excluding hydrogens is 259 g/mol. The topological polar surface area (TPSA) is 29.3 Å². The standard InChI is InChI=1S/C15H21FN2S/c1-18(13-5-3-2-4-6-13)10-11-7-8-12(16)9-14(11)15(17)19/h7-9,13H,2-6,10H2,1H3,(H2,17,19). The maximum atomic E-state index is 13.3. The number of hydrogen-bond acceptors (Lipinski definition) is 2. The fourth-order valence-corrected chi connectivity index (χ4v) is 3.03. The lowest BCUT2D eigenvalue weighted by Gasteiger charge is -2.31. The van der Waals surface area contributed by atoms with Crippen molar-refractivity contribution >= 4 is 17.2 Å². The van der Waals surface area contributed by atoms with Gasteiger partial charge in [-0.05, 0) is 37.6 Å². The number of nitrogens with zero attached hydrogens (tertiary/aromatic N) is 1. The predicted molar refractivity (Wildman–Crippen MR) is 80.6 cm³/mol. The Balaban J connectivity index is 2.11. The third kappa shape index (κ3) is 3.74. The fraction of sp³-hybridized carbons (Fsp3) is 0.533. The summed E-state index contributed by atoms with van der Waals surface area (Å²) in [5.74, 6) is -0.285. The second kappa shape index (κ2) is 6.44. The first-order chi connectivity index (χ1) is 9.08. The molecule has 0 aliphatic heterocycles. The Hall–Kier alpha value is -1.00. The maximum Gasteiger partial charge on any atom is 0.123 e. The van der Waals surface area contributed by atoms with Crippen LogP contribution in [0.5, 0.6) is 0 Å². The van der Waals surface area contributed by atoms with Crippen LogP contribution in [-0.4, -0.2) is 23.0 Å². The Labute approximate surface area is 119 Å². The van der Waals surface area contributed by atoms with Crippen molar-refractivity contribution in [3.63, 3.8) is 0 Å². The van der Waals surface area contributed by atoms with Gasteiger partial charge in [0.25, 0.3) is 0 Å². The van der Waals surface area contributed by atoms with Gasteiger partial charge in [-0.2, -0.15) is 0 Å². The molecule has 4 heteroatoms. The second-order valence-electron chi connectivity index (χ2n) is 5.37. The molecule has 0 saturated heterocycles. The lowest BCUT2D eigenvalue weighted by molar-refractivity contribution is 0.184. The number of nitrogens with two attached hydrogens (primary N) is 1. The van der Waals surface area contributed by atoms with Gasteiger partial charge >= 0.3 is 0 Å². The van der Waals surface area contributed by atoms with Crippen LogP contribution in [0.25, 0.3) is 0 Å². The molecule has 0 spiro atoms. The summed E-state index contributed by atoms with van der Waals surface area (Å²) in [6.07, 6.45) is 6.46. The normalized spacial score (nSPS) is 16.8. The molecule has 2 nitrogen and oxygen atoms in total. The van der Waals surface area contributed by atoms with Crippen molar-refractivity contribution in [1.82, 2.24) is 4.90 Å². The SMILES string of the molecule is CN(Cc1ccc(F)cc1C(N)=S)C1CCCCC1. The first-order valence-corrected chi connectivity index (χ1v) is 7.27. The van der Waals surface area contributed by atoms with Crippen molar-refractivity contribution in [2.75, 3.05) is 7.05 Å². The summed E-state index contributed by atoms with van der Waals surface area (Å²) in [5, 5.41) is 0. The summed E-state index contributed by atoms with van der Waals surface area (Å²) in [7, 11) is 2.13. The smallest absolute Gasteiger partial charge is 0.123 e. The van der Waals surface area contributed by atoms with E-state index in [0.717, 1.165) is 12.1 Å². The van der Waals surface area contributed by atoms with Gasteiger partial charge in [0.2, 0.25) is 0 Å².